The highest BCUT2D eigenvalue weighted by Crippen LogP contribution is 2.33. The molecule has 0 aliphatic carbocycles. The molecule has 1 amide bonds. The number of carbonyl (C=O) groups is 1. The Hall–Kier alpha value is -2.52. The number of anilines is 1. The van der Waals surface area contributed by atoms with Crippen molar-refractivity contribution in [1.29, 1.82) is 0 Å². The van der Waals surface area contributed by atoms with Gasteiger partial charge in [-0.1, -0.05) is 12.1 Å². The summed E-state index contributed by atoms with van der Waals surface area (Å²) in [5.74, 6) is -2.17. The van der Waals surface area contributed by atoms with Gasteiger partial charge in [0, 0.05) is 37.7 Å². The Bertz CT molecular complexity index is 1020. The summed E-state index contributed by atoms with van der Waals surface area (Å²) < 4.78 is 53.6. The molecule has 0 aromatic heterocycles. The summed E-state index contributed by atoms with van der Waals surface area (Å²) in [7, 11) is -4.09. The number of hydrogen-bond donors (Lipinski definition) is 2. The summed E-state index contributed by atoms with van der Waals surface area (Å²) in [6.45, 7) is 0.184. The number of piperidine rings is 1. The maximum atomic E-state index is 14.0. The van der Waals surface area contributed by atoms with Crippen molar-refractivity contribution in [2.75, 3.05) is 18.4 Å². The number of fused-ring (bicyclic) bond motifs is 1. The molecule has 2 heterocycles. The van der Waals surface area contributed by atoms with Crippen molar-refractivity contribution in [2.24, 2.45) is 0 Å². The third-order valence-corrected chi connectivity index (χ3v) is 6.92. The molecule has 1 saturated heterocycles. The van der Waals surface area contributed by atoms with Crippen molar-refractivity contribution in [3.8, 4) is 0 Å². The number of nitrogens with zero attached hydrogens (tertiary/aromatic N) is 1. The molecule has 27 heavy (non-hydrogen) atoms. The van der Waals surface area contributed by atoms with Gasteiger partial charge in [0.25, 0.3) is 5.91 Å². The minimum Gasteiger partial charge on any atom is -0.362 e. The molecule has 2 aromatic rings. The smallest absolute Gasteiger partial charge is 0.255 e. The Balaban J connectivity index is 1.55. The molecular formula is C18H17F2N3O3S. The molecule has 0 bridgehead atoms. The van der Waals surface area contributed by atoms with E-state index >= 15 is 0 Å². The molecule has 1 spiro atoms. The highest BCUT2D eigenvalue weighted by molar-refractivity contribution is 7.89. The second kappa shape index (κ2) is 6.28. The van der Waals surface area contributed by atoms with E-state index in [0.717, 1.165) is 16.4 Å². The van der Waals surface area contributed by atoms with Crippen LogP contribution in [0, 0.1) is 11.6 Å². The van der Waals surface area contributed by atoms with Crippen molar-refractivity contribution in [2.45, 2.75) is 23.4 Å². The van der Waals surface area contributed by atoms with Gasteiger partial charge < -0.3 is 10.6 Å². The van der Waals surface area contributed by atoms with Crippen LogP contribution in [0.5, 0.6) is 0 Å². The lowest BCUT2D eigenvalue weighted by atomic mass is 9.93. The van der Waals surface area contributed by atoms with Crippen LogP contribution in [0.1, 0.15) is 23.2 Å². The predicted octanol–water partition coefficient (Wildman–Crippen LogP) is 2.30. The zero-order valence-corrected chi connectivity index (χ0v) is 15.0. The van der Waals surface area contributed by atoms with E-state index in [1.165, 1.54) is 0 Å². The van der Waals surface area contributed by atoms with Gasteiger partial charge in [0.1, 0.15) is 22.2 Å². The summed E-state index contributed by atoms with van der Waals surface area (Å²) in [6.07, 6.45) is 0.629. The van der Waals surface area contributed by atoms with Crippen LogP contribution in [0.3, 0.4) is 0 Å². The zero-order chi connectivity index (χ0) is 19.2. The first-order valence-electron chi connectivity index (χ1n) is 8.46. The van der Waals surface area contributed by atoms with E-state index in [0.29, 0.717) is 30.2 Å². The van der Waals surface area contributed by atoms with Gasteiger partial charge in [-0.2, -0.15) is 4.31 Å². The topological polar surface area (TPSA) is 78.5 Å². The molecule has 2 N–H and O–H groups in total. The number of hydrogen-bond acceptors (Lipinski definition) is 4. The number of nitrogens with one attached hydrogen (secondary N) is 2. The molecule has 142 valence electrons. The lowest BCUT2D eigenvalue weighted by Crippen LogP contribution is -2.62. The Morgan fingerprint density at radius 1 is 1.00 bits per heavy atom. The van der Waals surface area contributed by atoms with E-state index in [2.05, 4.69) is 10.6 Å². The SMILES string of the molecule is O=C1NC2(CCN(S(=O)(=O)c3ccc(F)cc3F)CC2)Nc2ccccc21. The van der Waals surface area contributed by atoms with Gasteiger partial charge in [-0.15, -0.1) is 0 Å². The van der Waals surface area contributed by atoms with E-state index in [1.54, 1.807) is 18.2 Å². The number of benzene rings is 2. The quantitative estimate of drug-likeness (QED) is 0.821. The van der Waals surface area contributed by atoms with Gasteiger partial charge in [0.05, 0.1) is 5.56 Å². The lowest BCUT2D eigenvalue weighted by molar-refractivity contribution is 0.0865. The zero-order valence-electron chi connectivity index (χ0n) is 14.2. The van der Waals surface area contributed by atoms with Crippen molar-refractivity contribution < 1.29 is 22.0 Å². The van der Waals surface area contributed by atoms with Crippen LogP contribution in [0.4, 0.5) is 14.5 Å². The molecule has 1 fully saturated rings. The second-order valence-corrected chi connectivity index (χ2v) is 8.59. The molecule has 0 radical (unpaired) electrons. The van der Waals surface area contributed by atoms with Crippen molar-refractivity contribution in [3.63, 3.8) is 0 Å². The maximum Gasteiger partial charge on any atom is 0.255 e. The monoisotopic (exact) mass is 393 g/mol. The van der Waals surface area contributed by atoms with E-state index < -0.39 is 32.2 Å². The maximum absolute atomic E-state index is 14.0. The molecule has 4 rings (SSSR count). The summed E-state index contributed by atoms with van der Waals surface area (Å²) in [5, 5.41) is 6.22. The van der Waals surface area contributed by atoms with Crippen LogP contribution < -0.4 is 10.6 Å². The molecule has 2 aliphatic heterocycles. The van der Waals surface area contributed by atoms with Crippen LogP contribution in [-0.2, 0) is 10.0 Å². The molecule has 6 nitrogen and oxygen atoms in total. The van der Waals surface area contributed by atoms with Gasteiger partial charge in [-0.05, 0) is 24.3 Å². The number of sulfonamides is 1. The predicted molar refractivity (Wildman–Crippen MR) is 94.6 cm³/mol. The lowest BCUT2D eigenvalue weighted by Gasteiger charge is -2.45. The van der Waals surface area contributed by atoms with Crippen LogP contribution >= 0.6 is 0 Å². The Labute approximate surface area is 155 Å². The molecule has 0 saturated carbocycles. The second-order valence-electron chi connectivity index (χ2n) is 6.69. The van der Waals surface area contributed by atoms with E-state index in [9.17, 15) is 22.0 Å². The Kier molecular flexibility index (Phi) is 4.15. The fraction of sp³-hybridized carbons (Fsp3) is 0.278. The van der Waals surface area contributed by atoms with Gasteiger partial charge in [0.15, 0.2) is 0 Å². The van der Waals surface area contributed by atoms with E-state index in [4.69, 9.17) is 0 Å². The van der Waals surface area contributed by atoms with Crippen LogP contribution in [-0.4, -0.2) is 37.4 Å². The van der Waals surface area contributed by atoms with Gasteiger partial charge in [-0.3, -0.25) is 4.79 Å². The fourth-order valence-corrected chi connectivity index (χ4v) is 5.03. The number of para-hydroxylation sites is 1. The van der Waals surface area contributed by atoms with Crippen molar-refractivity contribution >= 4 is 21.6 Å². The molecule has 0 unspecified atom stereocenters. The first-order chi connectivity index (χ1) is 12.8. The highest BCUT2D eigenvalue weighted by Gasteiger charge is 2.43. The largest absolute Gasteiger partial charge is 0.362 e. The summed E-state index contributed by atoms with van der Waals surface area (Å²) >= 11 is 0. The standard InChI is InChI=1S/C18H17F2N3O3S/c19-12-5-6-16(14(20)11-12)27(25,26)23-9-7-18(8-10-23)21-15-4-2-1-3-13(15)17(24)22-18/h1-6,11,21H,7-10H2,(H,22,24). The Morgan fingerprint density at radius 2 is 1.70 bits per heavy atom. The average molecular weight is 393 g/mol. The number of amides is 1. The van der Waals surface area contributed by atoms with Crippen LogP contribution in [0.15, 0.2) is 47.4 Å². The van der Waals surface area contributed by atoms with Gasteiger partial charge >= 0.3 is 0 Å². The first-order valence-corrected chi connectivity index (χ1v) is 9.90. The third-order valence-electron chi connectivity index (χ3n) is 4.99. The first kappa shape index (κ1) is 17.9. The minimum atomic E-state index is -4.09. The highest BCUT2D eigenvalue weighted by atomic mass is 32.2. The number of carbonyl (C=O) groups excluding carboxylic acids is 1. The normalized spacial score (nSPS) is 19.3. The summed E-state index contributed by atoms with van der Waals surface area (Å²) in [6, 6.07) is 9.49. The Morgan fingerprint density at radius 3 is 2.41 bits per heavy atom. The summed E-state index contributed by atoms with van der Waals surface area (Å²) in [5.41, 5.74) is 0.479. The molecule has 2 aliphatic rings. The number of halogens is 2. The van der Waals surface area contributed by atoms with E-state index in [1.807, 2.05) is 6.07 Å². The van der Waals surface area contributed by atoms with Gasteiger partial charge in [0.2, 0.25) is 10.0 Å². The average Bonchev–Trinajstić information content (AvgIpc) is 2.62. The van der Waals surface area contributed by atoms with Crippen LogP contribution in [0.25, 0.3) is 0 Å². The van der Waals surface area contributed by atoms with Crippen molar-refractivity contribution in [3.05, 3.63) is 59.7 Å². The minimum absolute atomic E-state index is 0.0919. The third kappa shape index (κ3) is 3.06. The van der Waals surface area contributed by atoms with E-state index in [-0.39, 0.29) is 19.0 Å². The molecular weight excluding hydrogens is 376 g/mol. The fourth-order valence-electron chi connectivity index (χ4n) is 3.55. The van der Waals surface area contributed by atoms with Crippen molar-refractivity contribution in [1.82, 2.24) is 9.62 Å². The van der Waals surface area contributed by atoms with Gasteiger partial charge in [-0.25, -0.2) is 17.2 Å². The molecule has 2 aromatic carbocycles. The molecule has 0 atom stereocenters. The number of rotatable bonds is 2. The van der Waals surface area contributed by atoms with Crippen LogP contribution in [0.2, 0.25) is 0 Å². The molecule has 9 heteroatoms. The summed E-state index contributed by atoms with van der Waals surface area (Å²) in [4.78, 5) is 11.8.